The predicted molar refractivity (Wildman–Crippen MR) is 82.6 cm³/mol. The summed E-state index contributed by atoms with van der Waals surface area (Å²) >= 11 is 0. The van der Waals surface area contributed by atoms with Crippen LogP contribution in [0, 0.1) is 0 Å². The van der Waals surface area contributed by atoms with E-state index in [9.17, 15) is 13.2 Å². The largest absolute Gasteiger partial charge is 0.471 e. The maximum Gasteiger partial charge on any atom is 0.471 e. The summed E-state index contributed by atoms with van der Waals surface area (Å²) in [4.78, 5) is 3.37. The summed E-state index contributed by atoms with van der Waals surface area (Å²) in [5, 5.41) is 11.6. The van der Waals surface area contributed by atoms with Crippen molar-refractivity contribution in [2.75, 3.05) is 0 Å². The van der Waals surface area contributed by atoms with Crippen molar-refractivity contribution in [3.05, 3.63) is 47.6 Å². The van der Waals surface area contributed by atoms with Gasteiger partial charge in [-0.05, 0) is 5.56 Å². The Balaban J connectivity index is 1.74. The highest BCUT2D eigenvalue weighted by Crippen LogP contribution is 2.29. The van der Waals surface area contributed by atoms with Gasteiger partial charge in [-0.3, -0.25) is 0 Å². The number of nitrogens with zero attached hydrogens (tertiary/aromatic N) is 5. The molecule has 0 N–H and O–H groups in total. The molecule has 0 aliphatic heterocycles. The van der Waals surface area contributed by atoms with E-state index < -0.39 is 12.1 Å². The standard InChI is InChI=1S/C16H16F3N5O/c1-15(2,3)12-9-24(23-21-12)8-10-4-6-11(7-5-10)13-20-14(25-22-13)16(17,18)19/h4-7,9H,8H2,1-3H3. The Morgan fingerprint density at radius 1 is 1.08 bits per heavy atom. The van der Waals surface area contributed by atoms with Crippen LogP contribution >= 0.6 is 0 Å². The summed E-state index contributed by atoms with van der Waals surface area (Å²) in [6.45, 7) is 6.66. The minimum atomic E-state index is -4.65. The molecule has 0 atom stereocenters. The van der Waals surface area contributed by atoms with Gasteiger partial charge in [0.1, 0.15) is 0 Å². The second-order valence-corrected chi connectivity index (χ2v) is 6.67. The molecular formula is C16H16F3N5O. The molecule has 0 saturated carbocycles. The van der Waals surface area contributed by atoms with Crippen LogP contribution in [0.2, 0.25) is 0 Å². The molecule has 0 amide bonds. The second-order valence-electron chi connectivity index (χ2n) is 6.67. The van der Waals surface area contributed by atoms with Gasteiger partial charge in [0.2, 0.25) is 5.82 Å². The van der Waals surface area contributed by atoms with Gasteiger partial charge in [-0.15, -0.1) is 5.10 Å². The van der Waals surface area contributed by atoms with E-state index in [4.69, 9.17) is 0 Å². The van der Waals surface area contributed by atoms with E-state index in [0.29, 0.717) is 12.1 Å². The summed E-state index contributed by atoms with van der Waals surface area (Å²) in [5.41, 5.74) is 2.16. The van der Waals surface area contributed by atoms with E-state index in [0.717, 1.165) is 11.3 Å². The fourth-order valence-electron chi connectivity index (χ4n) is 2.12. The first-order valence-corrected chi connectivity index (χ1v) is 7.54. The van der Waals surface area contributed by atoms with E-state index in [1.54, 1.807) is 28.9 Å². The lowest BCUT2D eigenvalue weighted by atomic mass is 9.93. The lowest BCUT2D eigenvalue weighted by molar-refractivity contribution is -0.159. The lowest BCUT2D eigenvalue weighted by Gasteiger charge is -2.12. The molecule has 0 bridgehead atoms. The summed E-state index contributed by atoms with van der Waals surface area (Å²) < 4.78 is 43.4. The highest BCUT2D eigenvalue weighted by atomic mass is 19.4. The first-order valence-electron chi connectivity index (χ1n) is 7.54. The van der Waals surface area contributed by atoms with Crippen molar-refractivity contribution in [3.63, 3.8) is 0 Å². The van der Waals surface area contributed by atoms with Crippen molar-refractivity contribution in [2.24, 2.45) is 0 Å². The zero-order valence-corrected chi connectivity index (χ0v) is 13.9. The minimum Gasteiger partial charge on any atom is -0.329 e. The molecule has 3 rings (SSSR count). The number of halogens is 3. The smallest absolute Gasteiger partial charge is 0.329 e. The van der Waals surface area contributed by atoms with Crippen LogP contribution in [0.15, 0.2) is 35.0 Å². The van der Waals surface area contributed by atoms with Gasteiger partial charge in [0, 0.05) is 17.2 Å². The number of alkyl halides is 3. The molecule has 0 spiro atoms. The third-order valence-corrected chi connectivity index (χ3v) is 3.53. The highest BCUT2D eigenvalue weighted by Gasteiger charge is 2.38. The Morgan fingerprint density at radius 3 is 2.28 bits per heavy atom. The number of hydrogen-bond donors (Lipinski definition) is 0. The molecule has 0 radical (unpaired) electrons. The van der Waals surface area contributed by atoms with E-state index in [1.165, 1.54) is 0 Å². The van der Waals surface area contributed by atoms with Gasteiger partial charge in [0.25, 0.3) is 0 Å². The monoisotopic (exact) mass is 351 g/mol. The topological polar surface area (TPSA) is 69.6 Å². The van der Waals surface area contributed by atoms with E-state index in [1.807, 2.05) is 6.20 Å². The second kappa shape index (κ2) is 5.98. The van der Waals surface area contributed by atoms with Crippen LogP contribution < -0.4 is 0 Å². The minimum absolute atomic E-state index is 0.0864. The third kappa shape index (κ3) is 3.86. The lowest BCUT2D eigenvalue weighted by Crippen LogP contribution is -2.11. The van der Waals surface area contributed by atoms with Gasteiger partial charge in [0.15, 0.2) is 0 Å². The Bertz CT molecular complexity index is 859. The molecule has 0 unspecified atom stereocenters. The van der Waals surface area contributed by atoms with Crippen molar-refractivity contribution in [3.8, 4) is 11.4 Å². The molecule has 0 aliphatic rings. The molecule has 3 aromatic rings. The molecule has 0 saturated heterocycles. The van der Waals surface area contributed by atoms with Gasteiger partial charge in [0.05, 0.1) is 12.2 Å². The summed E-state index contributed by atoms with van der Waals surface area (Å²) in [5.74, 6) is -1.46. The van der Waals surface area contributed by atoms with Crippen LogP contribution in [-0.4, -0.2) is 25.1 Å². The van der Waals surface area contributed by atoms with Crippen LogP contribution in [0.5, 0.6) is 0 Å². The average molecular weight is 351 g/mol. The van der Waals surface area contributed by atoms with Crippen molar-refractivity contribution >= 4 is 0 Å². The molecule has 9 heteroatoms. The van der Waals surface area contributed by atoms with E-state index in [2.05, 4.69) is 45.7 Å². The fourth-order valence-corrected chi connectivity index (χ4v) is 2.12. The van der Waals surface area contributed by atoms with Crippen molar-refractivity contribution in [1.29, 1.82) is 0 Å². The average Bonchev–Trinajstić information content (AvgIpc) is 3.15. The summed E-state index contributed by atoms with van der Waals surface area (Å²) in [6, 6.07) is 6.83. The number of rotatable bonds is 3. The molecule has 0 aliphatic carbocycles. The summed E-state index contributed by atoms with van der Waals surface area (Å²) in [7, 11) is 0. The van der Waals surface area contributed by atoms with Gasteiger partial charge in [-0.2, -0.15) is 18.2 Å². The highest BCUT2D eigenvalue weighted by molar-refractivity contribution is 5.54. The maximum atomic E-state index is 12.5. The molecule has 1 aromatic carbocycles. The zero-order chi connectivity index (χ0) is 18.2. The van der Waals surface area contributed by atoms with Crippen LogP contribution in [0.1, 0.15) is 37.9 Å². The molecule has 2 aromatic heterocycles. The normalized spacial score (nSPS) is 12.6. The number of benzene rings is 1. The van der Waals surface area contributed by atoms with E-state index >= 15 is 0 Å². The van der Waals surface area contributed by atoms with Gasteiger partial charge >= 0.3 is 12.1 Å². The Kier molecular flexibility index (Phi) is 4.09. The quantitative estimate of drug-likeness (QED) is 0.720. The van der Waals surface area contributed by atoms with Gasteiger partial charge in [-0.1, -0.05) is 55.4 Å². The molecular weight excluding hydrogens is 335 g/mol. The van der Waals surface area contributed by atoms with Crippen molar-refractivity contribution in [1.82, 2.24) is 25.1 Å². The molecule has 0 fully saturated rings. The van der Waals surface area contributed by atoms with Crippen molar-refractivity contribution in [2.45, 2.75) is 38.9 Å². The SMILES string of the molecule is CC(C)(C)c1cn(Cc2ccc(-c3noc(C(F)(F)F)n3)cc2)nn1. The van der Waals surface area contributed by atoms with E-state index in [-0.39, 0.29) is 11.2 Å². The van der Waals surface area contributed by atoms with Crippen LogP contribution in [0.4, 0.5) is 13.2 Å². The van der Waals surface area contributed by atoms with Crippen LogP contribution in [0.3, 0.4) is 0 Å². The zero-order valence-electron chi connectivity index (χ0n) is 13.9. The number of aromatic nitrogens is 5. The molecule has 25 heavy (non-hydrogen) atoms. The Labute approximate surface area is 141 Å². The van der Waals surface area contributed by atoms with Crippen LogP contribution in [0.25, 0.3) is 11.4 Å². The van der Waals surface area contributed by atoms with Gasteiger partial charge < -0.3 is 4.52 Å². The van der Waals surface area contributed by atoms with Crippen molar-refractivity contribution < 1.29 is 17.7 Å². The molecule has 132 valence electrons. The first kappa shape index (κ1) is 17.1. The van der Waals surface area contributed by atoms with Gasteiger partial charge in [-0.25, -0.2) is 4.68 Å². The Hall–Kier alpha value is -2.71. The molecule has 2 heterocycles. The fraction of sp³-hybridized carbons (Fsp3) is 0.375. The summed E-state index contributed by atoms with van der Waals surface area (Å²) in [6.07, 6.45) is -2.77. The van der Waals surface area contributed by atoms with Crippen LogP contribution in [-0.2, 0) is 18.1 Å². The number of hydrogen-bond acceptors (Lipinski definition) is 5. The third-order valence-electron chi connectivity index (χ3n) is 3.53. The maximum absolute atomic E-state index is 12.5. The Morgan fingerprint density at radius 2 is 1.76 bits per heavy atom. The first-order chi connectivity index (χ1) is 11.6. The predicted octanol–water partition coefficient (Wildman–Crippen LogP) is 3.69. The molecule has 6 nitrogen and oxygen atoms in total.